The Labute approximate surface area is 116 Å². The van der Waals surface area contributed by atoms with Crippen LogP contribution in [-0.4, -0.2) is 45.0 Å². The number of hydrogen-bond acceptors (Lipinski definition) is 3. The molecular weight excluding hydrogens is 244 g/mol. The summed E-state index contributed by atoms with van der Waals surface area (Å²) in [5.74, 6) is 1.01. The van der Waals surface area contributed by atoms with Crippen LogP contribution in [0.5, 0.6) is 0 Å². The summed E-state index contributed by atoms with van der Waals surface area (Å²) in [7, 11) is 0. The summed E-state index contributed by atoms with van der Waals surface area (Å²) in [6, 6.07) is 0.101. The number of amides is 2. The zero-order valence-electron chi connectivity index (χ0n) is 12.4. The highest BCUT2D eigenvalue weighted by atomic mass is 16.5. The van der Waals surface area contributed by atoms with Crippen LogP contribution in [0.4, 0.5) is 4.79 Å². The van der Waals surface area contributed by atoms with Crippen LogP contribution in [0, 0.1) is 11.8 Å². The van der Waals surface area contributed by atoms with Crippen LogP contribution in [0.3, 0.4) is 0 Å². The number of carbonyl (C=O) groups excluding carboxylic acids is 1. The Morgan fingerprint density at radius 1 is 1.42 bits per heavy atom. The van der Waals surface area contributed by atoms with E-state index in [1.54, 1.807) is 0 Å². The van der Waals surface area contributed by atoms with Gasteiger partial charge in [-0.1, -0.05) is 13.8 Å². The van der Waals surface area contributed by atoms with Gasteiger partial charge in [0.1, 0.15) is 0 Å². The van der Waals surface area contributed by atoms with Gasteiger partial charge in [0.25, 0.3) is 0 Å². The van der Waals surface area contributed by atoms with Crippen LogP contribution in [-0.2, 0) is 9.47 Å². The average Bonchev–Trinajstić information content (AvgIpc) is 2.86. The molecule has 1 saturated heterocycles. The van der Waals surface area contributed by atoms with Gasteiger partial charge in [-0.15, -0.1) is 0 Å². The lowest BCUT2D eigenvalue weighted by Crippen LogP contribution is -2.43. The van der Waals surface area contributed by atoms with Crippen molar-refractivity contribution in [1.29, 1.82) is 0 Å². The molecule has 0 unspecified atom stereocenters. The largest absolute Gasteiger partial charge is 0.381 e. The first kappa shape index (κ1) is 16.2. The molecule has 2 atom stereocenters. The van der Waals surface area contributed by atoms with Gasteiger partial charge in [-0.3, -0.25) is 0 Å². The minimum atomic E-state index is -0.0922. The molecule has 1 aliphatic rings. The fraction of sp³-hybridized carbons (Fsp3) is 0.929. The van der Waals surface area contributed by atoms with Crippen LogP contribution in [0.1, 0.15) is 33.6 Å². The van der Waals surface area contributed by atoms with Crippen molar-refractivity contribution in [2.24, 2.45) is 11.8 Å². The fourth-order valence-corrected chi connectivity index (χ4v) is 1.77. The monoisotopic (exact) mass is 272 g/mol. The zero-order chi connectivity index (χ0) is 14.1. The van der Waals surface area contributed by atoms with Crippen molar-refractivity contribution in [2.75, 3.05) is 33.0 Å². The maximum Gasteiger partial charge on any atom is 0.315 e. The van der Waals surface area contributed by atoms with Crippen LogP contribution >= 0.6 is 0 Å². The summed E-state index contributed by atoms with van der Waals surface area (Å²) in [4.78, 5) is 11.5. The van der Waals surface area contributed by atoms with E-state index in [0.29, 0.717) is 25.0 Å². The van der Waals surface area contributed by atoms with Gasteiger partial charge in [0.05, 0.1) is 13.2 Å². The number of ether oxygens (including phenoxy) is 2. The van der Waals surface area contributed by atoms with Crippen molar-refractivity contribution in [1.82, 2.24) is 10.6 Å². The van der Waals surface area contributed by atoms with E-state index in [0.717, 1.165) is 32.7 Å². The van der Waals surface area contributed by atoms with E-state index in [9.17, 15) is 4.79 Å². The quantitative estimate of drug-likeness (QED) is 0.662. The molecule has 2 amide bonds. The molecule has 1 fully saturated rings. The van der Waals surface area contributed by atoms with Crippen molar-refractivity contribution in [2.45, 2.75) is 39.7 Å². The lowest BCUT2D eigenvalue weighted by atomic mass is 10.1. The second-order valence-corrected chi connectivity index (χ2v) is 5.59. The molecule has 0 aromatic carbocycles. The maximum absolute atomic E-state index is 11.5. The van der Waals surface area contributed by atoms with E-state index in [2.05, 4.69) is 24.5 Å². The van der Waals surface area contributed by atoms with Crippen molar-refractivity contribution >= 4 is 6.03 Å². The third-order valence-electron chi connectivity index (χ3n) is 3.49. The van der Waals surface area contributed by atoms with E-state index in [1.807, 2.05) is 6.92 Å². The Morgan fingerprint density at radius 2 is 2.21 bits per heavy atom. The van der Waals surface area contributed by atoms with Gasteiger partial charge in [0.2, 0.25) is 0 Å². The average molecular weight is 272 g/mol. The molecule has 0 aromatic heterocycles. The standard InChI is InChI=1S/C14H28N2O3/c1-11(2)12(3)16-14(17)15-6-4-7-18-9-13-5-8-19-10-13/h11-13H,4-10H2,1-3H3,(H2,15,16,17)/t12-,13+/m0/s1. The van der Waals surface area contributed by atoms with E-state index < -0.39 is 0 Å². The number of carbonyl (C=O) groups is 1. The number of rotatable bonds is 8. The zero-order valence-corrected chi connectivity index (χ0v) is 12.4. The summed E-state index contributed by atoms with van der Waals surface area (Å²) in [5, 5.41) is 5.75. The van der Waals surface area contributed by atoms with E-state index in [4.69, 9.17) is 9.47 Å². The SMILES string of the molecule is CC(C)[C@H](C)NC(=O)NCCCOC[C@H]1CCOC1. The second kappa shape index (κ2) is 9.15. The van der Waals surface area contributed by atoms with Crippen molar-refractivity contribution in [3.8, 4) is 0 Å². The third kappa shape index (κ3) is 7.38. The summed E-state index contributed by atoms with van der Waals surface area (Å²) < 4.78 is 10.8. The molecule has 0 spiro atoms. The Hall–Kier alpha value is -0.810. The number of urea groups is 1. The van der Waals surface area contributed by atoms with Gasteiger partial charge in [-0.05, 0) is 25.7 Å². The summed E-state index contributed by atoms with van der Waals surface area (Å²) >= 11 is 0. The molecule has 0 bridgehead atoms. The molecule has 2 N–H and O–H groups in total. The van der Waals surface area contributed by atoms with Gasteiger partial charge in [0.15, 0.2) is 0 Å². The molecule has 5 nitrogen and oxygen atoms in total. The van der Waals surface area contributed by atoms with E-state index in [-0.39, 0.29) is 12.1 Å². The first-order chi connectivity index (χ1) is 9.09. The van der Waals surface area contributed by atoms with E-state index in [1.165, 1.54) is 0 Å². The highest BCUT2D eigenvalue weighted by molar-refractivity contribution is 5.74. The highest BCUT2D eigenvalue weighted by Crippen LogP contribution is 2.12. The molecular formula is C14H28N2O3. The van der Waals surface area contributed by atoms with Crippen molar-refractivity contribution < 1.29 is 14.3 Å². The van der Waals surface area contributed by atoms with Gasteiger partial charge in [-0.25, -0.2) is 4.79 Å². The summed E-state index contributed by atoms with van der Waals surface area (Å²) in [5.41, 5.74) is 0. The fourth-order valence-electron chi connectivity index (χ4n) is 1.77. The Morgan fingerprint density at radius 3 is 2.84 bits per heavy atom. The smallest absolute Gasteiger partial charge is 0.315 e. The lowest BCUT2D eigenvalue weighted by Gasteiger charge is -2.17. The summed E-state index contributed by atoms with van der Waals surface area (Å²) in [6.45, 7) is 10.00. The third-order valence-corrected chi connectivity index (χ3v) is 3.49. The van der Waals surface area contributed by atoms with Gasteiger partial charge >= 0.3 is 6.03 Å². The Bertz CT molecular complexity index is 253. The molecule has 112 valence electrons. The molecule has 19 heavy (non-hydrogen) atoms. The molecule has 1 heterocycles. The molecule has 1 aliphatic heterocycles. The predicted molar refractivity (Wildman–Crippen MR) is 75.2 cm³/mol. The van der Waals surface area contributed by atoms with Gasteiger partial charge < -0.3 is 20.1 Å². The first-order valence-corrected chi connectivity index (χ1v) is 7.29. The van der Waals surface area contributed by atoms with Crippen LogP contribution in [0.25, 0.3) is 0 Å². The molecule has 1 rings (SSSR count). The molecule has 0 radical (unpaired) electrons. The Balaban J connectivity index is 1.90. The second-order valence-electron chi connectivity index (χ2n) is 5.59. The highest BCUT2D eigenvalue weighted by Gasteiger charge is 2.15. The molecule has 0 saturated carbocycles. The first-order valence-electron chi connectivity index (χ1n) is 7.29. The predicted octanol–water partition coefficient (Wildman–Crippen LogP) is 1.77. The van der Waals surface area contributed by atoms with Crippen LogP contribution in [0.15, 0.2) is 0 Å². The van der Waals surface area contributed by atoms with Gasteiger partial charge in [-0.2, -0.15) is 0 Å². The molecule has 5 heteroatoms. The minimum absolute atomic E-state index is 0.0922. The Kier molecular flexibility index (Phi) is 7.82. The number of nitrogens with one attached hydrogen (secondary N) is 2. The van der Waals surface area contributed by atoms with Crippen molar-refractivity contribution in [3.05, 3.63) is 0 Å². The normalized spacial score (nSPS) is 20.5. The van der Waals surface area contributed by atoms with Gasteiger partial charge in [0, 0.05) is 31.7 Å². The van der Waals surface area contributed by atoms with Crippen LogP contribution < -0.4 is 10.6 Å². The van der Waals surface area contributed by atoms with Crippen molar-refractivity contribution in [3.63, 3.8) is 0 Å². The lowest BCUT2D eigenvalue weighted by molar-refractivity contribution is 0.0885. The summed E-state index contributed by atoms with van der Waals surface area (Å²) in [6.07, 6.45) is 1.95. The molecule has 0 aliphatic carbocycles. The van der Waals surface area contributed by atoms with E-state index >= 15 is 0 Å². The minimum Gasteiger partial charge on any atom is -0.381 e. The topological polar surface area (TPSA) is 59.6 Å². The van der Waals surface area contributed by atoms with Crippen LogP contribution in [0.2, 0.25) is 0 Å². The number of hydrogen-bond donors (Lipinski definition) is 2. The molecule has 0 aromatic rings. The maximum atomic E-state index is 11.5.